The summed E-state index contributed by atoms with van der Waals surface area (Å²) in [6.45, 7) is 7.29. The number of hydrogen-bond acceptors (Lipinski definition) is 3. The van der Waals surface area contributed by atoms with Crippen LogP contribution in [0.4, 0.5) is 0 Å². The van der Waals surface area contributed by atoms with E-state index in [-0.39, 0.29) is 11.8 Å². The summed E-state index contributed by atoms with van der Waals surface area (Å²) in [6.07, 6.45) is 11.3. The predicted molar refractivity (Wildman–Crippen MR) is 146 cm³/mol. The van der Waals surface area contributed by atoms with Gasteiger partial charge in [0.15, 0.2) is 0 Å². The van der Waals surface area contributed by atoms with E-state index < -0.39 is 0 Å². The van der Waals surface area contributed by atoms with E-state index in [0.29, 0.717) is 19.6 Å². The molecule has 0 unspecified atom stereocenters. The lowest BCUT2D eigenvalue weighted by atomic mass is 10.0. The van der Waals surface area contributed by atoms with Crippen LogP contribution in [0.5, 0.6) is 0 Å². The molecule has 0 spiro atoms. The van der Waals surface area contributed by atoms with Gasteiger partial charge in [0.1, 0.15) is 0 Å². The van der Waals surface area contributed by atoms with Gasteiger partial charge in [-0.3, -0.25) is 14.4 Å². The van der Waals surface area contributed by atoms with Crippen LogP contribution in [0.1, 0.15) is 73.4 Å². The summed E-state index contributed by atoms with van der Waals surface area (Å²) in [5, 5.41) is 4.15. The molecule has 0 aliphatic carbocycles. The fraction of sp³-hybridized carbons (Fsp3) is 0.400. The van der Waals surface area contributed by atoms with Gasteiger partial charge in [-0.15, -0.1) is 6.58 Å². The van der Waals surface area contributed by atoms with Gasteiger partial charge in [0.25, 0.3) is 5.91 Å². The van der Waals surface area contributed by atoms with Crippen molar-refractivity contribution in [2.45, 2.75) is 71.4 Å². The largest absolute Gasteiger partial charge is 0.352 e. The molecule has 2 N–H and O–H groups in total. The average molecular weight is 490 g/mol. The topological polar surface area (TPSA) is 72.4 Å². The minimum absolute atomic E-state index is 0.0185. The average Bonchev–Trinajstić information content (AvgIpc) is 3.27. The number of nitrogens with one attached hydrogen (secondary N) is 2. The Bertz CT molecular complexity index is 1120. The van der Waals surface area contributed by atoms with E-state index in [1.54, 1.807) is 6.08 Å². The number of benzene rings is 2. The summed E-state index contributed by atoms with van der Waals surface area (Å²) < 4.78 is 2.23. The third-order valence-electron chi connectivity index (χ3n) is 6.21. The van der Waals surface area contributed by atoms with Crippen LogP contribution < -0.4 is 10.8 Å². The van der Waals surface area contributed by atoms with Crippen LogP contribution in [-0.4, -0.2) is 22.9 Å². The Morgan fingerprint density at radius 2 is 1.78 bits per heavy atom. The molecule has 36 heavy (non-hydrogen) atoms. The standard InChI is InChI=1S/C27H33N3O3.C3H6/c31-25(29-33-20-21-11-5-4-6-12-21)16-7-2-1-3-8-17-28-27(32)24-19-30-18-10-14-22-13-9-15-23(24)26(22)30;1-3-2/h4-6,9,11-13,15,19H,1-3,7-8,10,14,16-18,20H2,(H,28,32)(H,29,31);3H,1H2,2H3. The fourth-order valence-electron chi connectivity index (χ4n) is 4.50. The van der Waals surface area contributed by atoms with E-state index in [9.17, 15) is 9.59 Å². The van der Waals surface area contributed by atoms with E-state index in [1.807, 2.05) is 43.5 Å². The third kappa shape index (κ3) is 8.09. The number of hydrogen-bond donors (Lipinski definition) is 2. The first-order valence-corrected chi connectivity index (χ1v) is 13.0. The Morgan fingerprint density at radius 1 is 1.03 bits per heavy atom. The minimum atomic E-state index is -0.0792. The number of allylic oxidation sites excluding steroid dienone is 1. The number of aryl methyl sites for hydroxylation is 2. The first-order chi connectivity index (χ1) is 17.6. The number of carbonyl (C=O) groups excluding carboxylic acids is 2. The SMILES string of the molecule is C=CC.O=C(CCCCCCCNC(=O)c1cn2c3c(cccc13)CCC2)NOCc1ccccc1. The number of nitrogens with zero attached hydrogens (tertiary/aromatic N) is 1. The van der Waals surface area contributed by atoms with Crippen molar-refractivity contribution >= 4 is 22.7 Å². The van der Waals surface area contributed by atoms with Crippen molar-refractivity contribution in [3.05, 3.63) is 84.1 Å². The zero-order valence-corrected chi connectivity index (χ0v) is 21.4. The smallest absolute Gasteiger partial charge is 0.253 e. The molecule has 2 heterocycles. The summed E-state index contributed by atoms with van der Waals surface area (Å²) in [7, 11) is 0. The molecular weight excluding hydrogens is 450 g/mol. The van der Waals surface area contributed by atoms with Crippen LogP contribution in [-0.2, 0) is 29.2 Å². The summed E-state index contributed by atoms with van der Waals surface area (Å²) in [5.74, 6) is -0.0607. The molecule has 0 bridgehead atoms. The molecule has 0 saturated heterocycles. The highest BCUT2D eigenvalue weighted by Crippen LogP contribution is 2.29. The molecule has 2 amide bonds. The van der Waals surface area contributed by atoms with Crippen molar-refractivity contribution in [1.29, 1.82) is 0 Å². The van der Waals surface area contributed by atoms with Crippen molar-refractivity contribution in [1.82, 2.24) is 15.4 Å². The van der Waals surface area contributed by atoms with Gasteiger partial charge in [0.05, 0.1) is 17.7 Å². The summed E-state index contributed by atoms with van der Waals surface area (Å²) in [4.78, 5) is 29.8. The lowest BCUT2D eigenvalue weighted by Gasteiger charge is -2.14. The van der Waals surface area contributed by atoms with Gasteiger partial charge in [0.2, 0.25) is 5.91 Å². The molecular formula is C30H39N3O3. The van der Waals surface area contributed by atoms with Gasteiger partial charge in [-0.2, -0.15) is 0 Å². The molecule has 0 radical (unpaired) electrons. The molecule has 6 nitrogen and oxygen atoms in total. The lowest BCUT2D eigenvalue weighted by Crippen LogP contribution is -2.24. The Balaban J connectivity index is 0.00000115. The normalized spacial score (nSPS) is 11.9. The van der Waals surface area contributed by atoms with Crippen molar-refractivity contribution in [3.63, 3.8) is 0 Å². The van der Waals surface area contributed by atoms with Gasteiger partial charge < -0.3 is 9.88 Å². The third-order valence-corrected chi connectivity index (χ3v) is 6.21. The number of aromatic nitrogens is 1. The van der Waals surface area contributed by atoms with Crippen LogP contribution >= 0.6 is 0 Å². The number of carbonyl (C=O) groups is 2. The molecule has 0 atom stereocenters. The molecule has 1 aromatic heterocycles. The second-order valence-corrected chi connectivity index (χ2v) is 9.13. The Hall–Kier alpha value is -3.38. The molecule has 192 valence electrons. The molecule has 0 saturated carbocycles. The molecule has 0 fully saturated rings. The monoisotopic (exact) mass is 489 g/mol. The van der Waals surface area contributed by atoms with Crippen molar-refractivity contribution in [2.75, 3.05) is 6.54 Å². The summed E-state index contributed by atoms with van der Waals surface area (Å²) >= 11 is 0. The minimum Gasteiger partial charge on any atom is -0.352 e. The first kappa shape index (κ1) is 27.2. The fourth-order valence-corrected chi connectivity index (χ4v) is 4.50. The predicted octanol–water partition coefficient (Wildman–Crippen LogP) is 6.10. The zero-order chi connectivity index (χ0) is 25.6. The van der Waals surface area contributed by atoms with E-state index in [1.165, 1.54) is 11.1 Å². The molecule has 1 aliphatic heterocycles. The second kappa shape index (κ2) is 14.9. The Morgan fingerprint density at radius 3 is 2.58 bits per heavy atom. The van der Waals surface area contributed by atoms with E-state index in [0.717, 1.165) is 68.0 Å². The van der Waals surface area contributed by atoms with Crippen molar-refractivity contribution in [3.8, 4) is 0 Å². The Kier molecular flexibility index (Phi) is 11.3. The zero-order valence-electron chi connectivity index (χ0n) is 21.4. The Labute approximate surface area is 214 Å². The molecule has 4 rings (SSSR count). The maximum atomic E-state index is 12.7. The molecule has 2 aromatic carbocycles. The van der Waals surface area contributed by atoms with E-state index >= 15 is 0 Å². The highest BCUT2D eigenvalue weighted by atomic mass is 16.6. The number of para-hydroxylation sites is 1. The molecule has 3 aromatic rings. The van der Waals surface area contributed by atoms with Crippen LogP contribution in [0.3, 0.4) is 0 Å². The van der Waals surface area contributed by atoms with E-state index in [4.69, 9.17) is 4.84 Å². The quantitative estimate of drug-likeness (QED) is 0.183. The van der Waals surface area contributed by atoms with E-state index in [2.05, 4.69) is 40.1 Å². The van der Waals surface area contributed by atoms with Gasteiger partial charge in [-0.05, 0) is 43.7 Å². The lowest BCUT2D eigenvalue weighted by molar-refractivity contribution is -0.134. The molecule has 6 heteroatoms. The number of unbranched alkanes of at least 4 members (excludes halogenated alkanes) is 4. The maximum Gasteiger partial charge on any atom is 0.253 e. The highest BCUT2D eigenvalue weighted by molar-refractivity contribution is 6.07. The van der Waals surface area contributed by atoms with Gasteiger partial charge in [-0.25, -0.2) is 5.48 Å². The van der Waals surface area contributed by atoms with Crippen LogP contribution in [0.15, 0.2) is 67.4 Å². The van der Waals surface area contributed by atoms with Crippen molar-refractivity contribution in [2.24, 2.45) is 0 Å². The van der Waals surface area contributed by atoms with Gasteiger partial charge in [-0.1, -0.05) is 73.9 Å². The maximum absolute atomic E-state index is 12.7. The summed E-state index contributed by atoms with van der Waals surface area (Å²) in [5.41, 5.74) is 6.89. The number of rotatable bonds is 12. The van der Waals surface area contributed by atoms with Gasteiger partial charge in [0, 0.05) is 31.1 Å². The van der Waals surface area contributed by atoms with Crippen molar-refractivity contribution < 1.29 is 14.4 Å². The second-order valence-electron chi connectivity index (χ2n) is 9.13. The van der Waals surface area contributed by atoms with Crippen LogP contribution in [0, 0.1) is 0 Å². The first-order valence-electron chi connectivity index (χ1n) is 13.0. The number of hydroxylamine groups is 1. The summed E-state index contributed by atoms with van der Waals surface area (Å²) in [6, 6.07) is 16.0. The van der Waals surface area contributed by atoms with Crippen LogP contribution in [0.25, 0.3) is 10.9 Å². The van der Waals surface area contributed by atoms with Gasteiger partial charge >= 0.3 is 0 Å². The number of amides is 2. The molecule has 1 aliphatic rings. The highest BCUT2D eigenvalue weighted by Gasteiger charge is 2.19. The van der Waals surface area contributed by atoms with Crippen LogP contribution in [0.2, 0.25) is 0 Å².